The zero-order valence-corrected chi connectivity index (χ0v) is 11.4. The van der Waals surface area contributed by atoms with E-state index in [0.29, 0.717) is 0 Å². The summed E-state index contributed by atoms with van der Waals surface area (Å²) in [5, 5.41) is 0. The molecule has 0 amide bonds. The van der Waals surface area contributed by atoms with Gasteiger partial charge in [-0.2, -0.15) is 0 Å². The minimum absolute atomic E-state index is 0.0794. The number of rotatable bonds is 3. The van der Waals surface area contributed by atoms with Gasteiger partial charge in [0.1, 0.15) is 11.9 Å². The molecule has 0 saturated heterocycles. The summed E-state index contributed by atoms with van der Waals surface area (Å²) in [6, 6.07) is 4.30. The van der Waals surface area contributed by atoms with E-state index in [1.165, 1.54) is 22.3 Å². The Balaban J connectivity index is 2.52. The van der Waals surface area contributed by atoms with Crippen LogP contribution < -0.4 is 11.3 Å². The van der Waals surface area contributed by atoms with Crippen molar-refractivity contribution in [3.05, 3.63) is 52.6 Å². The molecule has 18 heavy (non-hydrogen) atoms. The molecule has 1 unspecified atom stereocenters. The van der Waals surface area contributed by atoms with Gasteiger partial charge in [-0.1, -0.05) is 12.1 Å². The average Bonchev–Trinajstić information content (AvgIpc) is 2.73. The third-order valence-corrected chi connectivity index (χ3v) is 3.48. The molecule has 1 aromatic heterocycles. The minimum atomic E-state index is -0.0794. The Hall–Kier alpha value is -1.65. The highest BCUT2D eigenvalue weighted by atomic mass is 15.3. The van der Waals surface area contributed by atoms with Crippen molar-refractivity contribution in [1.82, 2.24) is 15.0 Å². The van der Waals surface area contributed by atoms with E-state index in [1.807, 2.05) is 17.8 Å². The normalized spacial score (nSPS) is 12.7. The first-order chi connectivity index (χ1) is 8.54. The lowest BCUT2D eigenvalue weighted by Gasteiger charge is -2.19. The van der Waals surface area contributed by atoms with Crippen molar-refractivity contribution >= 4 is 0 Å². The smallest absolute Gasteiger partial charge is 0.131 e. The van der Waals surface area contributed by atoms with Gasteiger partial charge in [-0.15, -0.1) is 0 Å². The van der Waals surface area contributed by atoms with Crippen LogP contribution in [0.4, 0.5) is 0 Å². The van der Waals surface area contributed by atoms with Crippen LogP contribution in [0.15, 0.2) is 24.5 Å². The van der Waals surface area contributed by atoms with Crippen LogP contribution in [0, 0.1) is 20.8 Å². The number of aryl methyl sites for hydroxylation is 4. The highest BCUT2D eigenvalue weighted by molar-refractivity contribution is 5.40. The van der Waals surface area contributed by atoms with E-state index in [0.717, 1.165) is 5.82 Å². The molecule has 1 aromatic carbocycles. The Morgan fingerprint density at radius 3 is 2.39 bits per heavy atom. The van der Waals surface area contributed by atoms with Crippen LogP contribution in [0.3, 0.4) is 0 Å². The van der Waals surface area contributed by atoms with Crippen molar-refractivity contribution in [2.24, 2.45) is 12.9 Å². The third kappa shape index (κ3) is 2.17. The molecule has 2 aromatic rings. The molecule has 0 saturated carbocycles. The predicted molar refractivity (Wildman–Crippen MR) is 73.0 cm³/mol. The van der Waals surface area contributed by atoms with Crippen molar-refractivity contribution in [1.29, 1.82) is 0 Å². The van der Waals surface area contributed by atoms with E-state index in [-0.39, 0.29) is 6.04 Å². The monoisotopic (exact) mass is 244 g/mol. The highest BCUT2D eigenvalue weighted by Gasteiger charge is 2.19. The van der Waals surface area contributed by atoms with Gasteiger partial charge in [0.15, 0.2) is 0 Å². The summed E-state index contributed by atoms with van der Waals surface area (Å²) in [6.07, 6.45) is 3.71. The Morgan fingerprint density at radius 1 is 1.17 bits per heavy atom. The molecular weight excluding hydrogens is 224 g/mol. The van der Waals surface area contributed by atoms with E-state index in [4.69, 9.17) is 5.84 Å². The molecule has 0 aliphatic rings. The molecule has 0 spiro atoms. The summed E-state index contributed by atoms with van der Waals surface area (Å²) < 4.78 is 1.99. The Morgan fingerprint density at radius 2 is 1.83 bits per heavy atom. The van der Waals surface area contributed by atoms with Crippen LogP contribution >= 0.6 is 0 Å². The quantitative estimate of drug-likeness (QED) is 0.640. The van der Waals surface area contributed by atoms with Gasteiger partial charge in [0.25, 0.3) is 0 Å². The molecule has 3 N–H and O–H groups in total. The van der Waals surface area contributed by atoms with Crippen molar-refractivity contribution in [2.75, 3.05) is 0 Å². The molecule has 0 aliphatic heterocycles. The lowest BCUT2D eigenvalue weighted by molar-refractivity contribution is 0.577. The van der Waals surface area contributed by atoms with Gasteiger partial charge in [0.2, 0.25) is 0 Å². The Kier molecular flexibility index (Phi) is 3.50. The molecule has 0 fully saturated rings. The number of benzene rings is 1. The van der Waals surface area contributed by atoms with Gasteiger partial charge in [-0.3, -0.25) is 5.84 Å². The standard InChI is InChI=1S/C14H20N4/c1-9-7-11(3)12(8-10(9)2)13(17-15)14-16-5-6-18(14)4/h5-8,13,17H,15H2,1-4H3. The first-order valence-electron chi connectivity index (χ1n) is 6.05. The Labute approximate surface area is 108 Å². The summed E-state index contributed by atoms with van der Waals surface area (Å²) >= 11 is 0. The van der Waals surface area contributed by atoms with Crippen LogP contribution in [-0.4, -0.2) is 9.55 Å². The first-order valence-corrected chi connectivity index (χ1v) is 6.05. The van der Waals surface area contributed by atoms with Crippen LogP contribution in [0.1, 0.15) is 34.1 Å². The molecule has 1 heterocycles. The summed E-state index contributed by atoms with van der Waals surface area (Å²) in [6.45, 7) is 6.34. The molecule has 96 valence electrons. The van der Waals surface area contributed by atoms with E-state index in [1.54, 1.807) is 6.20 Å². The van der Waals surface area contributed by atoms with Gasteiger partial charge in [0.05, 0.1) is 0 Å². The van der Waals surface area contributed by atoms with Crippen molar-refractivity contribution in [3.63, 3.8) is 0 Å². The van der Waals surface area contributed by atoms with E-state index in [9.17, 15) is 0 Å². The topological polar surface area (TPSA) is 55.9 Å². The fourth-order valence-electron chi connectivity index (χ4n) is 2.25. The number of hydrazine groups is 1. The summed E-state index contributed by atoms with van der Waals surface area (Å²) in [7, 11) is 1.98. The van der Waals surface area contributed by atoms with Gasteiger partial charge >= 0.3 is 0 Å². The number of nitrogens with zero attached hydrogens (tertiary/aromatic N) is 2. The fourth-order valence-corrected chi connectivity index (χ4v) is 2.25. The van der Waals surface area contributed by atoms with Crippen LogP contribution in [0.2, 0.25) is 0 Å². The molecule has 0 bridgehead atoms. The Bertz CT molecular complexity index is 557. The van der Waals surface area contributed by atoms with Crippen molar-refractivity contribution in [2.45, 2.75) is 26.8 Å². The summed E-state index contributed by atoms with van der Waals surface area (Å²) in [5.74, 6) is 6.64. The van der Waals surface area contributed by atoms with E-state index < -0.39 is 0 Å². The summed E-state index contributed by atoms with van der Waals surface area (Å²) in [5.41, 5.74) is 7.83. The lowest BCUT2D eigenvalue weighted by Crippen LogP contribution is -2.31. The maximum Gasteiger partial charge on any atom is 0.131 e. The molecule has 4 nitrogen and oxygen atoms in total. The minimum Gasteiger partial charge on any atom is -0.336 e. The maximum atomic E-state index is 5.72. The molecule has 0 aliphatic carbocycles. The zero-order valence-electron chi connectivity index (χ0n) is 11.4. The van der Waals surface area contributed by atoms with Crippen molar-refractivity contribution in [3.8, 4) is 0 Å². The number of nitrogens with two attached hydrogens (primary N) is 1. The first kappa shape index (κ1) is 12.8. The number of nitrogens with one attached hydrogen (secondary N) is 1. The van der Waals surface area contributed by atoms with Crippen LogP contribution in [0.5, 0.6) is 0 Å². The van der Waals surface area contributed by atoms with Gasteiger partial charge < -0.3 is 4.57 Å². The lowest BCUT2D eigenvalue weighted by atomic mass is 9.95. The molecule has 2 rings (SSSR count). The molecular formula is C14H20N4. The predicted octanol–water partition coefficient (Wildman–Crippen LogP) is 1.90. The van der Waals surface area contributed by atoms with Crippen LogP contribution in [-0.2, 0) is 7.05 Å². The second-order valence-electron chi connectivity index (χ2n) is 4.79. The number of hydrogen-bond acceptors (Lipinski definition) is 3. The number of aromatic nitrogens is 2. The second kappa shape index (κ2) is 4.92. The van der Waals surface area contributed by atoms with Gasteiger partial charge in [-0.25, -0.2) is 10.4 Å². The highest BCUT2D eigenvalue weighted by Crippen LogP contribution is 2.25. The summed E-state index contributed by atoms with van der Waals surface area (Å²) in [4.78, 5) is 4.38. The van der Waals surface area contributed by atoms with Crippen molar-refractivity contribution < 1.29 is 0 Å². The van der Waals surface area contributed by atoms with Gasteiger partial charge in [0, 0.05) is 19.4 Å². The van der Waals surface area contributed by atoms with E-state index >= 15 is 0 Å². The molecule has 4 heteroatoms. The van der Waals surface area contributed by atoms with Gasteiger partial charge in [-0.05, 0) is 43.0 Å². The van der Waals surface area contributed by atoms with Crippen LogP contribution in [0.25, 0.3) is 0 Å². The number of hydrogen-bond donors (Lipinski definition) is 2. The molecule has 0 radical (unpaired) electrons. The second-order valence-corrected chi connectivity index (χ2v) is 4.79. The fraction of sp³-hybridized carbons (Fsp3) is 0.357. The zero-order chi connectivity index (χ0) is 13.3. The molecule has 1 atom stereocenters. The maximum absolute atomic E-state index is 5.72. The third-order valence-electron chi connectivity index (χ3n) is 3.48. The largest absolute Gasteiger partial charge is 0.336 e. The van der Waals surface area contributed by atoms with E-state index in [2.05, 4.69) is 43.3 Å². The SMILES string of the molecule is Cc1cc(C)c(C(NN)c2nccn2C)cc1C. The average molecular weight is 244 g/mol. The number of imidazole rings is 1.